The molecule has 1 saturated heterocycles. The zero-order valence-electron chi connectivity index (χ0n) is 12.4. The third-order valence-electron chi connectivity index (χ3n) is 4.54. The van der Waals surface area contributed by atoms with Crippen LogP contribution in [-0.4, -0.2) is 41.3 Å². The second-order valence-corrected chi connectivity index (χ2v) is 7.90. The van der Waals surface area contributed by atoms with E-state index < -0.39 is 5.60 Å². The van der Waals surface area contributed by atoms with Crippen LogP contribution < -0.4 is 10.6 Å². The predicted molar refractivity (Wildman–Crippen MR) is 90.7 cm³/mol. The molecule has 120 valence electrons. The Balaban J connectivity index is 1.49. The van der Waals surface area contributed by atoms with E-state index in [2.05, 4.69) is 16.7 Å². The minimum Gasteiger partial charge on any atom is -0.387 e. The number of thioether (sulfide) groups is 1. The van der Waals surface area contributed by atoms with Gasteiger partial charge in [-0.3, -0.25) is 0 Å². The molecule has 1 aromatic rings. The Morgan fingerprint density at radius 1 is 1.27 bits per heavy atom. The standard InChI is InChI=1S/C16H21ClN2O2S/c17-13-3-1-2-12(8-13)15(4-5-15)9-18-14(20)19-10-16(21)6-7-22-11-16/h1-3,8,21H,4-7,9-11H2,(H2,18,19,20). The second-order valence-electron chi connectivity index (χ2n) is 6.35. The molecule has 0 radical (unpaired) electrons. The summed E-state index contributed by atoms with van der Waals surface area (Å²) < 4.78 is 0. The van der Waals surface area contributed by atoms with Gasteiger partial charge in [0.2, 0.25) is 0 Å². The number of urea groups is 1. The van der Waals surface area contributed by atoms with E-state index in [0.717, 1.165) is 30.0 Å². The Morgan fingerprint density at radius 3 is 2.68 bits per heavy atom. The van der Waals surface area contributed by atoms with Crippen molar-refractivity contribution < 1.29 is 9.90 Å². The monoisotopic (exact) mass is 340 g/mol. The van der Waals surface area contributed by atoms with Crippen LogP contribution in [0.15, 0.2) is 24.3 Å². The third kappa shape index (κ3) is 3.70. The Kier molecular flexibility index (Phi) is 4.57. The van der Waals surface area contributed by atoms with Crippen molar-refractivity contribution in [2.24, 2.45) is 0 Å². The highest BCUT2D eigenvalue weighted by Gasteiger charge is 2.44. The average molecular weight is 341 g/mol. The molecule has 1 aliphatic carbocycles. The lowest BCUT2D eigenvalue weighted by molar-refractivity contribution is 0.0700. The van der Waals surface area contributed by atoms with Crippen molar-refractivity contribution >= 4 is 29.4 Å². The van der Waals surface area contributed by atoms with Crippen LogP contribution in [0.4, 0.5) is 4.79 Å². The van der Waals surface area contributed by atoms with Crippen LogP contribution in [-0.2, 0) is 5.41 Å². The SMILES string of the molecule is O=C(NCC1(O)CCSC1)NCC1(c2cccc(Cl)c2)CC1. The Labute approximate surface area is 140 Å². The number of hydrogen-bond donors (Lipinski definition) is 3. The molecular formula is C16H21ClN2O2S. The van der Waals surface area contributed by atoms with Gasteiger partial charge < -0.3 is 15.7 Å². The minimum atomic E-state index is -0.744. The van der Waals surface area contributed by atoms with Crippen LogP contribution in [0.1, 0.15) is 24.8 Å². The Bertz CT molecular complexity index is 557. The molecule has 1 aromatic carbocycles. The molecule has 1 saturated carbocycles. The van der Waals surface area contributed by atoms with E-state index in [0.29, 0.717) is 18.8 Å². The van der Waals surface area contributed by atoms with Crippen LogP contribution in [0.2, 0.25) is 5.02 Å². The Morgan fingerprint density at radius 2 is 2.05 bits per heavy atom. The van der Waals surface area contributed by atoms with Crippen molar-refractivity contribution in [1.82, 2.24) is 10.6 Å². The minimum absolute atomic E-state index is 0.0301. The number of carbonyl (C=O) groups excluding carboxylic acids is 1. The molecule has 1 heterocycles. The normalized spacial score (nSPS) is 25.7. The maximum Gasteiger partial charge on any atom is 0.314 e. The molecule has 3 N–H and O–H groups in total. The van der Waals surface area contributed by atoms with Gasteiger partial charge in [-0.2, -0.15) is 11.8 Å². The van der Waals surface area contributed by atoms with Crippen LogP contribution in [0.25, 0.3) is 0 Å². The highest BCUT2D eigenvalue weighted by atomic mass is 35.5. The van der Waals surface area contributed by atoms with Gasteiger partial charge in [-0.1, -0.05) is 23.7 Å². The van der Waals surface area contributed by atoms with Gasteiger partial charge in [-0.05, 0) is 42.7 Å². The summed E-state index contributed by atoms with van der Waals surface area (Å²) in [6.45, 7) is 0.919. The number of halogens is 1. The number of amides is 2. The van der Waals surface area contributed by atoms with Crippen LogP contribution in [0.5, 0.6) is 0 Å². The molecule has 2 fully saturated rings. The molecule has 1 atom stereocenters. The lowest BCUT2D eigenvalue weighted by Crippen LogP contribution is -2.47. The molecule has 2 amide bonds. The number of benzene rings is 1. The third-order valence-corrected chi connectivity index (χ3v) is 6.01. The Hall–Kier alpha value is -0.910. The van der Waals surface area contributed by atoms with E-state index in [9.17, 15) is 9.90 Å². The average Bonchev–Trinajstić information content (AvgIpc) is 3.18. The summed E-state index contributed by atoms with van der Waals surface area (Å²) in [6.07, 6.45) is 2.87. The largest absolute Gasteiger partial charge is 0.387 e. The van der Waals surface area contributed by atoms with Gasteiger partial charge in [0.05, 0.1) is 5.60 Å². The van der Waals surface area contributed by atoms with Crippen molar-refractivity contribution in [3.05, 3.63) is 34.9 Å². The molecule has 0 bridgehead atoms. The van der Waals surface area contributed by atoms with Crippen molar-refractivity contribution in [3.8, 4) is 0 Å². The lowest BCUT2D eigenvalue weighted by atomic mass is 9.96. The molecule has 4 nitrogen and oxygen atoms in total. The number of hydrogen-bond acceptors (Lipinski definition) is 3. The van der Waals surface area contributed by atoms with E-state index in [1.807, 2.05) is 18.2 Å². The van der Waals surface area contributed by atoms with Crippen molar-refractivity contribution in [3.63, 3.8) is 0 Å². The van der Waals surface area contributed by atoms with Gasteiger partial charge in [0.1, 0.15) is 0 Å². The summed E-state index contributed by atoms with van der Waals surface area (Å²) in [5.41, 5.74) is 0.473. The summed E-state index contributed by atoms with van der Waals surface area (Å²) in [7, 11) is 0. The first kappa shape index (κ1) is 16.0. The van der Waals surface area contributed by atoms with Gasteiger partial charge >= 0.3 is 6.03 Å². The number of carbonyl (C=O) groups is 1. The molecule has 22 heavy (non-hydrogen) atoms. The molecule has 0 aromatic heterocycles. The fraction of sp³-hybridized carbons (Fsp3) is 0.562. The van der Waals surface area contributed by atoms with E-state index in [1.54, 1.807) is 11.8 Å². The number of nitrogens with one attached hydrogen (secondary N) is 2. The van der Waals surface area contributed by atoms with E-state index in [1.165, 1.54) is 5.56 Å². The van der Waals surface area contributed by atoms with Gasteiger partial charge in [0, 0.05) is 29.3 Å². The summed E-state index contributed by atoms with van der Waals surface area (Å²) in [5, 5.41) is 16.7. The van der Waals surface area contributed by atoms with E-state index >= 15 is 0 Å². The quantitative estimate of drug-likeness (QED) is 0.772. The number of rotatable bonds is 5. The topological polar surface area (TPSA) is 61.4 Å². The highest BCUT2D eigenvalue weighted by molar-refractivity contribution is 7.99. The van der Waals surface area contributed by atoms with Crippen LogP contribution in [0, 0.1) is 0 Å². The summed E-state index contributed by atoms with van der Waals surface area (Å²) in [5.74, 6) is 1.65. The lowest BCUT2D eigenvalue weighted by Gasteiger charge is -2.22. The fourth-order valence-corrected chi connectivity index (χ4v) is 4.31. The molecule has 1 aliphatic heterocycles. The first-order valence-corrected chi connectivity index (χ1v) is 9.13. The smallest absolute Gasteiger partial charge is 0.314 e. The second kappa shape index (κ2) is 6.30. The number of aliphatic hydroxyl groups is 1. The first-order chi connectivity index (χ1) is 10.5. The molecule has 6 heteroatoms. The van der Waals surface area contributed by atoms with Crippen molar-refractivity contribution in [1.29, 1.82) is 0 Å². The summed E-state index contributed by atoms with van der Waals surface area (Å²) in [4.78, 5) is 11.9. The summed E-state index contributed by atoms with van der Waals surface area (Å²) >= 11 is 7.77. The molecule has 2 aliphatic rings. The van der Waals surface area contributed by atoms with E-state index in [4.69, 9.17) is 11.6 Å². The van der Waals surface area contributed by atoms with E-state index in [-0.39, 0.29) is 11.4 Å². The van der Waals surface area contributed by atoms with Crippen molar-refractivity contribution in [2.75, 3.05) is 24.6 Å². The van der Waals surface area contributed by atoms with Crippen molar-refractivity contribution in [2.45, 2.75) is 30.3 Å². The first-order valence-electron chi connectivity index (χ1n) is 7.59. The molecular weight excluding hydrogens is 320 g/mol. The van der Waals surface area contributed by atoms with Gasteiger partial charge in [-0.15, -0.1) is 0 Å². The fourth-order valence-electron chi connectivity index (χ4n) is 2.83. The molecule has 1 unspecified atom stereocenters. The highest BCUT2D eigenvalue weighted by Crippen LogP contribution is 2.48. The maximum absolute atomic E-state index is 11.9. The van der Waals surface area contributed by atoms with Crippen LogP contribution in [0.3, 0.4) is 0 Å². The van der Waals surface area contributed by atoms with Gasteiger partial charge in [0.25, 0.3) is 0 Å². The molecule has 0 spiro atoms. The summed E-state index contributed by atoms with van der Waals surface area (Å²) in [6, 6.07) is 7.65. The predicted octanol–water partition coefficient (Wildman–Crippen LogP) is 2.54. The van der Waals surface area contributed by atoms with Crippen LogP contribution >= 0.6 is 23.4 Å². The zero-order valence-corrected chi connectivity index (χ0v) is 14.0. The molecule has 3 rings (SSSR count). The zero-order chi connectivity index (χ0) is 15.6. The van der Waals surface area contributed by atoms with Gasteiger partial charge in [0.15, 0.2) is 0 Å². The maximum atomic E-state index is 11.9. The van der Waals surface area contributed by atoms with Gasteiger partial charge in [-0.25, -0.2) is 4.79 Å².